The lowest BCUT2D eigenvalue weighted by molar-refractivity contribution is 0.296. The van der Waals surface area contributed by atoms with Gasteiger partial charge in [0.25, 0.3) is 0 Å². The van der Waals surface area contributed by atoms with Gasteiger partial charge in [0.05, 0.1) is 0 Å². The second kappa shape index (κ2) is 6.02. The summed E-state index contributed by atoms with van der Waals surface area (Å²) in [6, 6.07) is 0. The maximum atomic E-state index is 4.10. The Labute approximate surface area is 94.9 Å². The van der Waals surface area contributed by atoms with Gasteiger partial charge in [-0.1, -0.05) is 12.8 Å². The lowest BCUT2D eigenvalue weighted by Gasteiger charge is -2.19. The minimum atomic E-state index is 0.935. The molecule has 0 amide bonds. The minimum Gasteiger partial charge on any atom is -0.359 e. The quantitative estimate of drug-likeness (QED) is 0.850. The first-order valence-corrected chi connectivity index (χ1v) is 6.45. The molecular weight excluding hydrogens is 208 g/mol. The molecule has 2 heterocycles. The zero-order valence-electron chi connectivity index (χ0n) is 8.98. The van der Waals surface area contributed by atoms with Gasteiger partial charge in [-0.15, -0.1) is 0 Å². The van der Waals surface area contributed by atoms with E-state index in [1.54, 1.807) is 6.33 Å². The third kappa shape index (κ3) is 3.76. The number of hydrogen-bond donors (Lipinski definition) is 1. The summed E-state index contributed by atoms with van der Waals surface area (Å²) in [5, 5.41) is 4.23. The molecule has 0 unspecified atom stereocenters. The second-order valence-electron chi connectivity index (χ2n) is 3.93. The summed E-state index contributed by atoms with van der Waals surface area (Å²) in [6.07, 6.45) is 7.12. The van der Waals surface area contributed by atoms with Crippen LogP contribution in [0.15, 0.2) is 6.33 Å². The van der Waals surface area contributed by atoms with E-state index in [4.69, 9.17) is 0 Å². The molecule has 2 rings (SSSR count). The molecule has 0 spiro atoms. The third-order valence-corrected chi connectivity index (χ3v) is 3.39. The largest absolute Gasteiger partial charge is 0.359 e. The van der Waals surface area contributed by atoms with Crippen LogP contribution in [-0.4, -0.2) is 40.4 Å². The SMILES string of the molecule is c1nsc(NCCN2CCCCCC2)n1. The van der Waals surface area contributed by atoms with Gasteiger partial charge in [0.1, 0.15) is 6.33 Å². The number of nitrogens with one attached hydrogen (secondary N) is 1. The maximum absolute atomic E-state index is 4.10. The highest BCUT2D eigenvalue weighted by Crippen LogP contribution is 2.10. The highest BCUT2D eigenvalue weighted by Gasteiger charge is 2.08. The molecule has 4 nitrogen and oxygen atoms in total. The van der Waals surface area contributed by atoms with Crippen LogP contribution in [-0.2, 0) is 0 Å². The van der Waals surface area contributed by atoms with Crippen molar-refractivity contribution in [3.8, 4) is 0 Å². The predicted molar refractivity (Wildman–Crippen MR) is 63.3 cm³/mol. The molecule has 84 valence electrons. The van der Waals surface area contributed by atoms with Gasteiger partial charge in [-0.2, -0.15) is 4.37 Å². The van der Waals surface area contributed by atoms with Crippen molar-refractivity contribution in [1.29, 1.82) is 0 Å². The van der Waals surface area contributed by atoms with Gasteiger partial charge in [0, 0.05) is 24.6 Å². The maximum Gasteiger partial charge on any atom is 0.202 e. The summed E-state index contributed by atoms with van der Waals surface area (Å²) < 4.78 is 3.96. The van der Waals surface area contributed by atoms with E-state index < -0.39 is 0 Å². The van der Waals surface area contributed by atoms with Crippen LogP contribution in [0.4, 0.5) is 5.13 Å². The molecule has 1 aliphatic rings. The molecule has 1 aromatic rings. The van der Waals surface area contributed by atoms with Crippen molar-refractivity contribution >= 4 is 16.7 Å². The van der Waals surface area contributed by atoms with Gasteiger partial charge in [0.15, 0.2) is 0 Å². The fourth-order valence-corrected chi connectivity index (χ4v) is 2.39. The van der Waals surface area contributed by atoms with Gasteiger partial charge in [0.2, 0.25) is 5.13 Å². The zero-order chi connectivity index (χ0) is 10.3. The van der Waals surface area contributed by atoms with Crippen molar-refractivity contribution in [2.45, 2.75) is 25.7 Å². The van der Waals surface area contributed by atoms with Crippen LogP contribution in [0.5, 0.6) is 0 Å². The van der Waals surface area contributed by atoms with Crippen molar-refractivity contribution in [3.63, 3.8) is 0 Å². The fraction of sp³-hybridized carbons (Fsp3) is 0.800. The van der Waals surface area contributed by atoms with Crippen LogP contribution in [0.2, 0.25) is 0 Å². The van der Waals surface area contributed by atoms with Gasteiger partial charge in [-0.05, 0) is 25.9 Å². The van der Waals surface area contributed by atoms with E-state index in [0.717, 1.165) is 18.2 Å². The molecule has 0 saturated carbocycles. The standard InChI is InChI=1S/C10H18N4S/c1-2-4-7-14(6-3-1)8-5-11-10-12-9-13-15-10/h9H,1-8H2,(H,11,12,13). The van der Waals surface area contributed by atoms with Gasteiger partial charge in [-0.3, -0.25) is 0 Å². The summed E-state index contributed by atoms with van der Waals surface area (Å²) in [7, 11) is 0. The Bertz CT molecular complexity index is 254. The van der Waals surface area contributed by atoms with E-state index in [2.05, 4.69) is 19.6 Å². The first kappa shape index (κ1) is 10.8. The molecule has 1 aromatic heterocycles. The van der Waals surface area contributed by atoms with E-state index in [-0.39, 0.29) is 0 Å². The number of aromatic nitrogens is 2. The van der Waals surface area contributed by atoms with Crippen LogP contribution in [0.3, 0.4) is 0 Å². The van der Waals surface area contributed by atoms with Crippen LogP contribution in [0, 0.1) is 0 Å². The average molecular weight is 226 g/mol. The van der Waals surface area contributed by atoms with E-state index in [9.17, 15) is 0 Å². The molecule has 1 N–H and O–H groups in total. The average Bonchev–Trinajstić information content (AvgIpc) is 2.62. The van der Waals surface area contributed by atoms with Gasteiger partial charge < -0.3 is 10.2 Å². The predicted octanol–water partition coefficient (Wildman–Crippen LogP) is 1.83. The van der Waals surface area contributed by atoms with Gasteiger partial charge >= 0.3 is 0 Å². The molecule has 0 atom stereocenters. The van der Waals surface area contributed by atoms with E-state index in [1.807, 2.05) is 0 Å². The van der Waals surface area contributed by atoms with Crippen molar-refractivity contribution in [1.82, 2.24) is 14.3 Å². The zero-order valence-corrected chi connectivity index (χ0v) is 9.80. The molecule has 0 radical (unpaired) electrons. The summed E-state index contributed by atoms with van der Waals surface area (Å²) in [5.74, 6) is 0. The first-order chi connectivity index (χ1) is 7.45. The van der Waals surface area contributed by atoms with Crippen molar-refractivity contribution in [2.24, 2.45) is 0 Å². The van der Waals surface area contributed by atoms with E-state index in [1.165, 1.54) is 50.3 Å². The summed E-state index contributed by atoms with van der Waals surface area (Å²) in [5.41, 5.74) is 0. The Kier molecular flexibility index (Phi) is 4.35. The van der Waals surface area contributed by atoms with Crippen molar-refractivity contribution in [2.75, 3.05) is 31.5 Å². The molecule has 0 aromatic carbocycles. The summed E-state index contributed by atoms with van der Waals surface area (Å²) in [4.78, 5) is 6.64. The van der Waals surface area contributed by atoms with Crippen LogP contribution in [0.25, 0.3) is 0 Å². The Morgan fingerprint density at radius 1 is 1.27 bits per heavy atom. The summed E-state index contributed by atoms with van der Waals surface area (Å²) >= 11 is 1.42. The van der Waals surface area contributed by atoms with Crippen molar-refractivity contribution < 1.29 is 0 Å². The Hall–Kier alpha value is -0.680. The third-order valence-electron chi connectivity index (χ3n) is 2.76. The van der Waals surface area contributed by atoms with E-state index >= 15 is 0 Å². The minimum absolute atomic E-state index is 0.935. The van der Waals surface area contributed by atoms with Gasteiger partial charge in [-0.25, -0.2) is 4.98 Å². The Morgan fingerprint density at radius 2 is 2.07 bits per heavy atom. The number of rotatable bonds is 4. The summed E-state index contributed by atoms with van der Waals surface area (Å²) in [6.45, 7) is 4.63. The topological polar surface area (TPSA) is 41.1 Å². The highest BCUT2D eigenvalue weighted by molar-refractivity contribution is 7.09. The van der Waals surface area contributed by atoms with Crippen LogP contribution in [0.1, 0.15) is 25.7 Å². The molecular formula is C10H18N4S. The highest BCUT2D eigenvalue weighted by atomic mass is 32.1. The lowest BCUT2D eigenvalue weighted by Crippen LogP contribution is -2.29. The normalized spacial score (nSPS) is 18.7. The molecule has 15 heavy (non-hydrogen) atoms. The molecule has 1 aliphatic heterocycles. The number of hydrogen-bond acceptors (Lipinski definition) is 5. The lowest BCUT2D eigenvalue weighted by atomic mass is 10.2. The first-order valence-electron chi connectivity index (χ1n) is 5.68. The number of likely N-dealkylation sites (tertiary alicyclic amines) is 1. The molecule has 0 aliphatic carbocycles. The van der Waals surface area contributed by atoms with Crippen molar-refractivity contribution in [3.05, 3.63) is 6.33 Å². The van der Waals surface area contributed by atoms with E-state index in [0.29, 0.717) is 0 Å². The monoisotopic (exact) mass is 226 g/mol. The number of nitrogens with zero attached hydrogens (tertiary/aromatic N) is 3. The van der Waals surface area contributed by atoms with Crippen LogP contribution >= 0.6 is 11.5 Å². The number of anilines is 1. The Morgan fingerprint density at radius 3 is 2.73 bits per heavy atom. The fourth-order valence-electron chi connectivity index (χ4n) is 1.93. The van der Waals surface area contributed by atoms with Crippen LogP contribution < -0.4 is 5.32 Å². The molecule has 0 bridgehead atoms. The molecule has 5 heteroatoms. The second-order valence-corrected chi connectivity index (χ2v) is 4.71. The Balaban J connectivity index is 1.64. The molecule has 1 fully saturated rings. The molecule has 1 saturated heterocycles. The smallest absolute Gasteiger partial charge is 0.202 e.